The molecule has 3 atom stereocenters. The fourth-order valence-corrected chi connectivity index (χ4v) is 4.88. The Balaban J connectivity index is 1.72. The fourth-order valence-electron chi connectivity index (χ4n) is 3.32. The maximum Gasteiger partial charge on any atom is 0.227 e. The lowest BCUT2D eigenvalue weighted by atomic mass is 9.99. The van der Waals surface area contributed by atoms with Gasteiger partial charge < -0.3 is 9.64 Å². The second kappa shape index (κ2) is 6.22. The van der Waals surface area contributed by atoms with Crippen LogP contribution in [0.25, 0.3) is 0 Å². The summed E-state index contributed by atoms with van der Waals surface area (Å²) in [6, 6.07) is 9.15. The maximum atomic E-state index is 12.7. The summed E-state index contributed by atoms with van der Waals surface area (Å²) in [7, 11) is 0.0304. The Hall–Kier alpha value is -1.44. The molecule has 23 heavy (non-hydrogen) atoms. The second-order valence-corrected chi connectivity index (χ2v) is 8.40. The zero-order chi connectivity index (χ0) is 16.6. The van der Waals surface area contributed by atoms with E-state index in [4.69, 9.17) is 4.74 Å². The van der Waals surface area contributed by atoms with E-state index in [1.54, 1.807) is 19.0 Å². The molecule has 0 aliphatic carbocycles. The molecule has 2 aliphatic heterocycles. The number of fused-ring (bicyclic) bond motifs is 2. The van der Waals surface area contributed by atoms with Gasteiger partial charge in [0.2, 0.25) is 15.9 Å². The van der Waals surface area contributed by atoms with Crippen molar-refractivity contribution in [1.29, 1.82) is 0 Å². The third-order valence-corrected chi connectivity index (χ3v) is 6.25. The van der Waals surface area contributed by atoms with Crippen LogP contribution in [0.1, 0.15) is 12.0 Å². The van der Waals surface area contributed by atoms with Crippen molar-refractivity contribution in [2.24, 2.45) is 5.92 Å². The van der Waals surface area contributed by atoms with Crippen LogP contribution in [0.4, 0.5) is 0 Å². The minimum atomic E-state index is -3.40. The molecule has 126 valence electrons. The van der Waals surface area contributed by atoms with Crippen LogP contribution in [-0.2, 0) is 25.3 Å². The monoisotopic (exact) mass is 338 g/mol. The maximum absolute atomic E-state index is 12.7. The van der Waals surface area contributed by atoms with Gasteiger partial charge in [0.15, 0.2) is 0 Å². The molecule has 0 aromatic heterocycles. The van der Waals surface area contributed by atoms with Crippen LogP contribution in [0.3, 0.4) is 0 Å². The molecule has 2 bridgehead atoms. The predicted molar refractivity (Wildman–Crippen MR) is 86.1 cm³/mol. The van der Waals surface area contributed by atoms with Gasteiger partial charge in [-0.1, -0.05) is 30.3 Å². The van der Waals surface area contributed by atoms with E-state index in [-0.39, 0.29) is 36.3 Å². The fraction of sp³-hybridized carbons (Fsp3) is 0.562. The van der Waals surface area contributed by atoms with Crippen LogP contribution < -0.4 is 0 Å². The van der Waals surface area contributed by atoms with Crippen LogP contribution in [0.2, 0.25) is 0 Å². The second-order valence-electron chi connectivity index (χ2n) is 6.43. The number of hydrogen-bond acceptors (Lipinski definition) is 4. The molecule has 2 aliphatic rings. The minimum Gasteiger partial charge on any atom is -0.371 e. The first-order valence-corrected chi connectivity index (χ1v) is 9.36. The molecular formula is C16H22N2O4S. The van der Waals surface area contributed by atoms with Crippen molar-refractivity contribution in [3.63, 3.8) is 0 Å². The number of nitrogens with zero attached hydrogens (tertiary/aromatic N) is 2. The van der Waals surface area contributed by atoms with E-state index in [0.717, 1.165) is 5.56 Å². The Morgan fingerprint density at radius 2 is 1.96 bits per heavy atom. The first-order valence-electron chi connectivity index (χ1n) is 7.75. The van der Waals surface area contributed by atoms with Crippen molar-refractivity contribution in [2.75, 3.05) is 27.2 Å². The van der Waals surface area contributed by atoms with Gasteiger partial charge in [-0.3, -0.25) is 4.79 Å². The molecule has 1 aromatic carbocycles. The molecule has 2 heterocycles. The summed E-state index contributed by atoms with van der Waals surface area (Å²) in [5.41, 5.74) is 0.771. The molecule has 6 nitrogen and oxygen atoms in total. The molecule has 0 saturated carbocycles. The lowest BCUT2D eigenvalue weighted by Crippen LogP contribution is -2.48. The summed E-state index contributed by atoms with van der Waals surface area (Å²) in [5.74, 6) is -0.244. The first kappa shape index (κ1) is 16.4. The van der Waals surface area contributed by atoms with Crippen LogP contribution in [-0.4, -0.2) is 62.9 Å². The lowest BCUT2D eigenvalue weighted by Gasteiger charge is -2.32. The topological polar surface area (TPSA) is 66.9 Å². The summed E-state index contributed by atoms with van der Waals surface area (Å²) in [6.45, 7) is 0.596. The van der Waals surface area contributed by atoms with Crippen LogP contribution in [0, 0.1) is 5.92 Å². The quantitative estimate of drug-likeness (QED) is 0.810. The summed E-state index contributed by atoms with van der Waals surface area (Å²) in [5, 5.41) is 0. The molecule has 1 amide bonds. The van der Waals surface area contributed by atoms with E-state index < -0.39 is 10.0 Å². The minimum absolute atomic E-state index is 0.0137. The van der Waals surface area contributed by atoms with E-state index in [9.17, 15) is 13.2 Å². The van der Waals surface area contributed by atoms with Crippen LogP contribution >= 0.6 is 0 Å². The Morgan fingerprint density at radius 1 is 1.26 bits per heavy atom. The van der Waals surface area contributed by atoms with Gasteiger partial charge in [-0.05, 0) is 12.0 Å². The molecule has 1 aromatic rings. The van der Waals surface area contributed by atoms with Gasteiger partial charge in [-0.2, -0.15) is 4.31 Å². The van der Waals surface area contributed by atoms with Gasteiger partial charge in [-0.25, -0.2) is 8.42 Å². The number of rotatable bonds is 4. The zero-order valence-electron chi connectivity index (χ0n) is 13.4. The highest BCUT2D eigenvalue weighted by Crippen LogP contribution is 2.34. The molecule has 2 saturated heterocycles. The number of sulfonamides is 1. The number of carbonyl (C=O) groups is 1. The normalized spacial score (nSPS) is 27.8. The van der Waals surface area contributed by atoms with Crippen molar-refractivity contribution >= 4 is 15.9 Å². The van der Waals surface area contributed by atoms with E-state index in [1.807, 2.05) is 30.3 Å². The summed E-state index contributed by atoms with van der Waals surface area (Å²) in [6.07, 6.45) is 0.0707. The Morgan fingerprint density at radius 3 is 2.61 bits per heavy atom. The third kappa shape index (κ3) is 3.41. The highest BCUT2D eigenvalue weighted by molar-refractivity contribution is 7.88. The zero-order valence-corrected chi connectivity index (χ0v) is 14.2. The summed E-state index contributed by atoms with van der Waals surface area (Å²) < 4.78 is 32.6. The number of morpholine rings is 1. The molecule has 0 radical (unpaired) electrons. The van der Waals surface area contributed by atoms with Crippen molar-refractivity contribution < 1.29 is 17.9 Å². The molecule has 3 rings (SSSR count). The Kier molecular flexibility index (Phi) is 4.44. The average molecular weight is 338 g/mol. The molecule has 7 heteroatoms. The summed E-state index contributed by atoms with van der Waals surface area (Å²) in [4.78, 5) is 13.8. The number of amides is 1. The van der Waals surface area contributed by atoms with Gasteiger partial charge in [0.1, 0.15) is 0 Å². The molecule has 0 spiro atoms. The number of ether oxygens (including phenoxy) is 1. The van der Waals surface area contributed by atoms with Gasteiger partial charge in [-0.15, -0.1) is 0 Å². The number of carbonyl (C=O) groups excluding carboxylic acids is 1. The number of benzene rings is 1. The highest BCUT2D eigenvalue weighted by Gasteiger charge is 2.47. The van der Waals surface area contributed by atoms with Crippen molar-refractivity contribution in [2.45, 2.75) is 24.4 Å². The van der Waals surface area contributed by atoms with Gasteiger partial charge >= 0.3 is 0 Å². The van der Waals surface area contributed by atoms with E-state index in [2.05, 4.69) is 0 Å². The summed E-state index contributed by atoms with van der Waals surface area (Å²) >= 11 is 0. The molecule has 0 unspecified atom stereocenters. The third-order valence-electron chi connectivity index (χ3n) is 4.47. The van der Waals surface area contributed by atoms with Crippen molar-refractivity contribution in [1.82, 2.24) is 9.21 Å². The smallest absolute Gasteiger partial charge is 0.227 e. The molecular weight excluding hydrogens is 316 g/mol. The van der Waals surface area contributed by atoms with E-state index in [1.165, 1.54) is 4.31 Å². The average Bonchev–Trinajstić information content (AvgIpc) is 2.81. The highest BCUT2D eigenvalue weighted by atomic mass is 32.2. The van der Waals surface area contributed by atoms with Crippen molar-refractivity contribution in [3.8, 4) is 0 Å². The number of hydrogen-bond donors (Lipinski definition) is 0. The Bertz CT molecular complexity index is 675. The SMILES string of the molecule is CN(C)C(=O)[C@H]1C[C@H]2CN(S(=O)(=O)Cc3ccccc3)C[C@@H]1O2. The van der Waals surface area contributed by atoms with Gasteiger partial charge in [0.25, 0.3) is 0 Å². The van der Waals surface area contributed by atoms with E-state index >= 15 is 0 Å². The van der Waals surface area contributed by atoms with Crippen molar-refractivity contribution in [3.05, 3.63) is 35.9 Å². The predicted octanol–water partition coefficient (Wildman–Crippen LogP) is 0.694. The van der Waals surface area contributed by atoms with Gasteiger partial charge in [0, 0.05) is 27.2 Å². The van der Waals surface area contributed by atoms with Crippen LogP contribution in [0.5, 0.6) is 0 Å². The molecule has 0 N–H and O–H groups in total. The molecule has 2 fully saturated rings. The van der Waals surface area contributed by atoms with Gasteiger partial charge in [0.05, 0.1) is 23.9 Å². The standard InChI is InChI=1S/C16H22N2O4S/c1-17(2)16(19)14-8-13-9-18(10-15(14)22-13)23(20,21)11-12-6-4-3-5-7-12/h3-7,13-15H,8-11H2,1-2H3/t13-,14-,15-/m0/s1. The first-order chi connectivity index (χ1) is 10.9. The largest absolute Gasteiger partial charge is 0.371 e. The lowest BCUT2D eigenvalue weighted by molar-refractivity contribution is -0.135. The van der Waals surface area contributed by atoms with Crippen LogP contribution in [0.15, 0.2) is 30.3 Å². The van der Waals surface area contributed by atoms with E-state index in [0.29, 0.717) is 13.0 Å². The Labute approximate surface area is 137 Å².